The van der Waals surface area contributed by atoms with E-state index in [4.69, 9.17) is 4.74 Å². The van der Waals surface area contributed by atoms with Crippen molar-refractivity contribution in [3.8, 4) is 0 Å². The van der Waals surface area contributed by atoms with E-state index in [2.05, 4.69) is 37.8 Å². The second-order valence-electron chi connectivity index (χ2n) is 5.53. The molecule has 0 aromatic heterocycles. The lowest BCUT2D eigenvalue weighted by molar-refractivity contribution is -0.0422. The van der Waals surface area contributed by atoms with Crippen molar-refractivity contribution < 1.29 is 9.84 Å². The summed E-state index contributed by atoms with van der Waals surface area (Å²) in [7, 11) is 0. The topological polar surface area (TPSA) is 32.7 Å². The Bertz CT molecular complexity index is 358. The van der Waals surface area contributed by atoms with E-state index in [9.17, 15) is 5.11 Å². The highest BCUT2D eigenvalue weighted by Crippen LogP contribution is 2.35. The molecule has 1 aromatic rings. The van der Waals surface area contributed by atoms with E-state index in [1.165, 1.54) is 0 Å². The van der Waals surface area contributed by atoms with Gasteiger partial charge in [0.25, 0.3) is 0 Å². The highest BCUT2D eigenvalue weighted by molar-refractivity contribution is 5.18. The highest BCUT2D eigenvalue weighted by atomic mass is 16.5. The number of hydrogen-bond donors (Lipinski definition) is 1. The van der Waals surface area contributed by atoms with Crippen molar-refractivity contribution in [2.24, 2.45) is 0 Å². The van der Waals surface area contributed by atoms with Crippen LogP contribution in [0.25, 0.3) is 0 Å². The number of hydrogen-bond acceptors (Lipinski definition) is 3. The number of nitrogens with zero attached hydrogens (tertiary/aromatic N) is 1. The second kappa shape index (κ2) is 4.77. The highest BCUT2D eigenvalue weighted by Gasteiger charge is 2.39. The van der Waals surface area contributed by atoms with Crippen molar-refractivity contribution in [2.45, 2.75) is 38.6 Å². The molecule has 1 aliphatic heterocycles. The maximum absolute atomic E-state index is 9.26. The molecule has 1 fully saturated rings. The SMILES string of the molecule is CC(C)(C)N1C[C@H](CO)OC1c1ccccc1. The van der Waals surface area contributed by atoms with E-state index in [0.717, 1.165) is 12.1 Å². The number of aliphatic hydroxyl groups excluding tert-OH is 1. The van der Waals surface area contributed by atoms with Gasteiger partial charge in [-0.25, -0.2) is 0 Å². The third kappa shape index (κ3) is 2.68. The molecule has 1 aliphatic rings. The first-order chi connectivity index (χ1) is 8.02. The molecule has 1 heterocycles. The molecule has 0 aliphatic carbocycles. The molecule has 1 unspecified atom stereocenters. The minimum Gasteiger partial charge on any atom is -0.394 e. The molecule has 0 spiro atoms. The standard InChI is InChI=1S/C14H21NO2/c1-14(2,3)15-9-12(10-16)17-13(15)11-7-5-4-6-8-11/h4-8,12-13,16H,9-10H2,1-3H3/t12-,13?/m1/s1. The van der Waals surface area contributed by atoms with Gasteiger partial charge in [-0.05, 0) is 26.3 Å². The number of ether oxygens (including phenoxy) is 1. The van der Waals surface area contributed by atoms with Crippen molar-refractivity contribution in [3.05, 3.63) is 35.9 Å². The fraction of sp³-hybridized carbons (Fsp3) is 0.571. The van der Waals surface area contributed by atoms with Crippen LogP contribution in [0.5, 0.6) is 0 Å². The Labute approximate surface area is 103 Å². The largest absolute Gasteiger partial charge is 0.394 e. The lowest BCUT2D eigenvalue weighted by Crippen LogP contribution is -2.41. The Morgan fingerprint density at radius 2 is 1.94 bits per heavy atom. The minimum atomic E-state index is -0.0839. The molecule has 1 aromatic carbocycles. The van der Waals surface area contributed by atoms with Gasteiger partial charge in [0.05, 0.1) is 12.7 Å². The summed E-state index contributed by atoms with van der Waals surface area (Å²) >= 11 is 0. The van der Waals surface area contributed by atoms with Crippen LogP contribution in [0.3, 0.4) is 0 Å². The summed E-state index contributed by atoms with van der Waals surface area (Å²) in [6.45, 7) is 7.37. The third-order valence-corrected chi connectivity index (χ3v) is 3.15. The second-order valence-corrected chi connectivity index (χ2v) is 5.53. The van der Waals surface area contributed by atoms with E-state index in [1.807, 2.05) is 18.2 Å². The van der Waals surface area contributed by atoms with Crippen molar-refractivity contribution in [1.29, 1.82) is 0 Å². The number of benzene rings is 1. The fourth-order valence-electron chi connectivity index (χ4n) is 2.22. The molecule has 0 radical (unpaired) electrons. The molecule has 2 rings (SSSR count). The van der Waals surface area contributed by atoms with E-state index >= 15 is 0 Å². The van der Waals surface area contributed by atoms with Gasteiger partial charge in [0.1, 0.15) is 6.23 Å². The van der Waals surface area contributed by atoms with Crippen LogP contribution in [0.15, 0.2) is 30.3 Å². The molecule has 17 heavy (non-hydrogen) atoms. The van der Waals surface area contributed by atoms with Crippen LogP contribution in [0.1, 0.15) is 32.6 Å². The summed E-state index contributed by atoms with van der Waals surface area (Å²) in [4.78, 5) is 2.29. The van der Waals surface area contributed by atoms with Gasteiger partial charge < -0.3 is 9.84 Å². The smallest absolute Gasteiger partial charge is 0.137 e. The average molecular weight is 235 g/mol. The lowest BCUT2D eigenvalue weighted by atomic mass is 10.0. The zero-order valence-electron chi connectivity index (χ0n) is 10.8. The quantitative estimate of drug-likeness (QED) is 0.852. The lowest BCUT2D eigenvalue weighted by Gasteiger charge is -2.35. The molecule has 3 nitrogen and oxygen atoms in total. The van der Waals surface area contributed by atoms with Crippen molar-refractivity contribution in [1.82, 2.24) is 4.90 Å². The predicted molar refractivity (Wildman–Crippen MR) is 67.6 cm³/mol. The molecule has 0 amide bonds. The first kappa shape index (κ1) is 12.6. The molecular weight excluding hydrogens is 214 g/mol. The minimum absolute atomic E-state index is 0.0322. The van der Waals surface area contributed by atoms with Crippen LogP contribution in [-0.2, 0) is 4.74 Å². The van der Waals surface area contributed by atoms with Crippen molar-refractivity contribution in [3.63, 3.8) is 0 Å². The van der Waals surface area contributed by atoms with Crippen LogP contribution < -0.4 is 0 Å². The Kier molecular flexibility index (Phi) is 3.52. The molecule has 1 N–H and O–H groups in total. The Morgan fingerprint density at radius 1 is 1.29 bits per heavy atom. The van der Waals surface area contributed by atoms with E-state index < -0.39 is 0 Å². The van der Waals surface area contributed by atoms with E-state index in [0.29, 0.717) is 0 Å². The third-order valence-electron chi connectivity index (χ3n) is 3.15. The fourth-order valence-corrected chi connectivity index (χ4v) is 2.22. The first-order valence-electron chi connectivity index (χ1n) is 6.10. The van der Waals surface area contributed by atoms with Gasteiger partial charge in [0.2, 0.25) is 0 Å². The summed E-state index contributed by atoms with van der Waals surface area (Å²) in [5, 5.41) is 9.26. The molecule has 2 atom stereocenters. The molecular formula is C14H21NO2. The zero-order valence-corrected chi connectivity index (χ0v) is 10.8. The van der Waals surface area contributed by atoms with E-state index in [-0.39, 0.29) is 24.5 Å². The van der Waals surface area contributed by atoms with Gasteiger partial charge in [0, 0.05) is 12.1 Å². The summed E-state index contributed by atoms with van der Waals surface area (Å²) in [6, 6.07) is 10.2. The normalized spacial score (nSPS) is 26.4. The van der Waals surface area contributed by atoms with Gasteiger partial charge in [-0.15, -0.1) is 0 Å². The average Bonchev–Trinajstić information content (AvgIpc) is 2.74. The maximum Gasteiger partial charge on any atom is 0.137 e. The zero-order chi connectivity index (χ0) is 12.5. The monoisotopic (exact) mass is 235 g/mol. The van der Waals surface area contributed by atoms with Crippen molar-refractivity contribution in [2.75, 3.05) is 13.2 Å². The van der Waals surface area contributed by atoms with Gasteiger partial charge in [-0.1, -0.05) is 30.3 Å². The van der Waals surface area contributed by atoms with Gasteiger partial charge >= 0.3 is 0 Å². The summed E-state index contributed by atoms with van der Waals surface area (Å²) in [6.07, 6.45) is -0.132. The van der Waals surface area contributed by atoms with Gasteiger partial charge in [-0.2, -0.15) is 0 Å². The van der Waals surface area contributed by atoms with Crippen LogP contribution in [0, 0.1) is 0 Å². The number of rotatable bonds is 2. The van der Waals surface area contributed by atoms with Gasteiger partial charge in [0.15, 0.2) is 0 Å². The summed E-state index contributed by atoms with van der Waals surface area (Å²) in [5.41, 5.74) is 1.18. The van der Waals surface area contributed by atoms with Gasteiger partial charge in [-0.3, -0.25) is 4.90 Å². The van der Waals surface area contributed by atoms with Crippen LogP contribution in [-0.4, -0.2) is 34.8 Å². The molecule has 0 saturated carbocycles. The van der Waals surface area contributed by atoms with Crippen LogP contribution in [0.2, 0.25) is 0 Å². The molecule has 3 heteroatoms. The van der Waals surface area contributed by atoms with E-state index in [1.54, 1.807) is 0 Å². The predicted octanol–water partition coefficient (Wildman–Crippen LogP) is 2.18. The van der Waals surface area contributed by atoms with Crippen LogP contribution >= 0.6 is 0 Å². The summed E-state index contributed by atoms with van der Waals surface area (Å²) < 4.78 is 5.91. The first-order valence-corrected chi connectivity index (χ1v) is 6.10. The number of aliphatic hydroxyl groups is 1. The van der Waals surface area contributed by atoms with Crippen molar-refractivity contribution >= 4 is 0 Å². The maximum atomic E-state index is 9.26. The Hall–Kier alpha value is -0.900. The Morgan fingerprint density at radius 3 is 2.47 bits per heavy atom. The molecule has 94 valence electrons. The van der Waals surface area contributed by atoms with Crippen LogP contribution in [0.4, 0.5) is 0 Å². The Balaban J connectivity index is 2.25. The molecule has 0 bridgehead atoms. The summed E-state index contributed by atoms with van der Waals surface area (Å²) in [5.74, 6) is 0. The molecule has 1 saturated heterocycles.